The number of para-hydroxylation sites is 2. The van der Waals surface area contributed by atoms with Crippen molar-refractivity contribution in [3.8, 4) is 0 Å². The maximum atomic E-state index is 6.46. The fourth-order valence-electron chi connectivity index (χ4n) is 6.68. The van der Waals surface area contributed by atoms with Crippen LogP contribution in [-0.4, -0.2) is 0 Å². The molecule has 9 aromatic rings. The van der Waals surface area contributed by atoms with E-state index in [0.29, 0.717) is 0 Å². The highest BCUT2D eigenvalue weighted by atomic mass is 16.3. The summed E-state index contributed by atoms with van der Waals surface area (Å²) in [6.45, 7) is 0. The number of hydrogen-bond acceptors (Lipinski definition) is 2. The van der Waals surface area contributed by atoms with E-state index in [1.54, 1.807) is 0 Å². The monoisotopic (exact) mass is 535 g/mol. The van der Waals surface area contributed by atoms with E-state index in [1.165, 1.54) is 32.3 Å². The van der Waals surface area contributed by atoms with Gasteiger partial charge in [-0.1, -0.05) is 109 Å². The van der Waals surface area contributed by atoms with Gasteiger partial charge in [-0.3, -0.25) is 0 Å². The molecule has 9 rings (SSSR count). The predicted molar refractivity (Wildman–Crippen MR) is 178 cm³/mol. The first kappa shape index (κ1) is 23.1. The van der Waals surface area contributed by atoms with Crippen LogP contribution in [-0.2, 0) is 0 Å². The van der Waals surface area contributed by atoms with E-state index in [1.807, 2.05) is 12.1 Å². The van der Waals surface area contributed by atoms with E-state index in [0.717, 1.165) is 49.8 Å². The third kappa shape index (κ3) is 3.39. The average Bonchev–Trinajstić information content (AvgIpc) is 3.44. The van der Waals surface area contributed by atoms with Crippen molar-refractivity contribution in [2.75, 3.05) is 4.90 Å². The summed E-state index contributed by atoms with van der Waals surface area (Å²) in [6.07, 6.45) is 0. The fraction of sp³-hybridized carbons (Fsp3) is 0. The lowest BCUT2D eigenvalue weighted by Gasteiger charge is -2.27. The molecule has 0 atom stereocenters. The second-order valence-electron chi connectivity index (χ2n) is 10.9. The summed E-state index contributed by atoms with van der Waals surface area (Å²) in [5.41, 5.74) is 5.19. The molecule has 2 nitrogen and oxygen atoms in total. The van der Waals surface area contributed by atoms with Gasteiger partial charge in [-0.2, -0.15) is 0 Å². The SMILES string of the molecule is c1ccc(N(c2ccc3ccc4c5ccccc5oc4c3c2)c2cccc3ccc4c5ccccc5ccc4c23)cc1. The highest BCUT2D eigenvalue weighted by Gasteiger charge is 2.19. The van der Waals surface area contributed by atoms with E-state index in [9.17, 15) is 0 Å². The van der Waals surface area contributed by atoms with Crippen molar-refractivity contribution in [2.24, 2.45) is 0 Å². The predicted octanol–water partition coefficient (Wildman–Crippen LogP) is 11.7. The molecule has 0 spiro atoms. The number of benzene rings is 8. The van der Waals surface area contributed by atoms with Crippen LogP contribution in [0.25, 0.3) is 65.0 Å². The van der Waals surface area contributed by atoms with E-state index in [-0.39, 0.29) is 0 Å². The average molecular weight is 536 g/mol. The van der Waals surface area contributed by atoms with Crippen molar-refractivity contribution in [1.82, 2.24) is 0 Å². The summed E-state index contributed by atoms with van der Waals surface area (Å²) in [5.74, 6) is 0. The largest absolute Gasteiger partial charge is 0.455 e. The lowest BCUT2D eigenvalue weighted by Crippen LogP contribution is -2.10. The molecule has 0 saturated heterocycles. The molecule has 0 unspecified atom stereocenters. The van der Waals surface area contributed by atoms with Gasteiger partial charge in [-0.25, -0.2) is 0 Å². The first-order valence-corrected chi connectivity index (χ1v) is 14.4. The molecule has 0 radical (unpaired) electrons. The van der Waals surface area contributed by atoms with Crippen molar-refractivity contribution in [2.45, 2.75) is 0 Å². The minimum Gasteiger partial charge on any atom is -0.455 e. The summed E-state index contributed by atoms with van der Waals surface area (Å²) in [5, 5.41) is 12.1. The van der Waals surface area contributed by atoms with Crippen LogP contribution >= 0.6 is 0 Å². The molecular formula is C40H25NO. The third-order valence-corrected chi connectivity index (χ3v) is 8.60. The number of rotatable bonds is 3. The summed E-state index contributed by atoms with van der Waals surface area (Å²) < 4.78 is 6.46. The Morgan fingerprint density at radius 2 is 1.05 bits per heavy atom. The van der Waals surface area contributed by atoms with Gasteiger partial charge < -0.3 is 9.32 Å². The van der Waals surface area contributed by atoms with Crippen LogP contribution in [0.2, 0.25) is 0 Å². The zero-order valence-corrected chi connectivity index (χ0v) is 22.8. The molecule has 0 saturated carbocycles. The van der Waals surface area contributed by atoms with Crippen molar-refractivity contribution < 1.29 is 4.42 Å². The summed E-state index contributed by atoms with van der Waals surface area (Å²) in [7, 11) is 0. The third-order valence-electron chi connectivity index (χ3n) is 8.60. The molecule has 2 heteroatoms. The first-order valence-electron chi connectivity index (χ1n) is 14.4. The number of hydrogen-bond donors (Lipinski definition) is 0. The topological polar surface area (TPSA) is 16.4 Å². The van der Waals surface area contributed by atoms with Gasteiger partial charge in [0.15, 0.2) is 0 Å². The second kappa shape index (κ2) is 8.95. The van der Waals surface area contributed by atoms with Crippen molar-refractivity contribution in [3.63, 3.8) is 0 Å². The van der Waals surface area contributed by atoms with Gasteiger partial charge in [0.2, 0.25) is 0 Å². The molecule has 1 aromatic heterocycles. The van der Waals surface area contributed by atoms with Gasteiger partial charge in [0.25, 0.3) is 0 Å². The van der Waals surface area contributed by atoms with Gasteiger partial charge in [-0.15, -0.1) is 0 Å². The number of furan rings is 1. The highest BCUT2D eigenvalue weighted by molar-refractivity contribution is 6.22. The van der Waals surface area contributed by atoms with Gasteiger partial charge in [0.1, 0.15) is 11.2 Å². The lowest BCUT2D eigenvalue weighted by molar-refractivity contribution is 0.672. The molecule has 8 aromatic carbocycles. The zero-order valence-electron chi connectivity index (χ0n) is 22.8. The Morgan fingerprint density at radius 1 is 0.381 bits per heavy atom. The smallest absolute Gasteiger partial charge is 0.143 e. The minimum atomic E-state index is 0.915. The van der Waals surface area contributed by atoms with Gasteiger partial charge in [0.05, 0.1) is 5.69 Å². The lowest BCUT2D eigenvalue weighted by atomic mass is 9.95. The molecule has 0 aliphatic heterocycles. The maximum Gasteiger partial charge on any atom is 0.143 e. The molecule has 0 bridgehead atoms. The maximum absolute atomic E-state index is 6.46. The quantitative estimate of drug-likeness (QED) is 0.209. The Morgan fingerprint density at radius 3 is 1.95 bits per heavy atom. The Hall–Kier alpha value is -5.60. The Labute approximate surface area is 242 Å². The number of nitrogens with zero attached hydrogens (tertiary/aromatic N) is 1. The number of anilines is 3. The van der Waals surface area contributed by atoms with Crippen molar-refractivity contribution in [3.05, 3.63) is 152 Å². The fourth-order valence-corrected chi connectivity index (χ4v) is 6.68. The van der Waals surface area contributed by atoms with Gasteiger partial charge in [0, 0.05) is 32.9 Å². The Balaban J connectivity index is 1.36. The van der Waals surface area contributed by atoms with Crippen molar-refractivity contribution >= 4 is 82.1 Å². The van der Waals surface area contributed by atoms with Crippen LogP contribution in [0.1, 0.15) is 0 Å². The van der Waals surface area contributed by atoms with Gasteiger partial charge >= 0.3 is 0 Å². The molecule has 196 valence electrons. The highest BCUT2D eigenvalue weighted by Crippen LogP contribution is 2.44. The minimum absolute atomic E-state index is 0.915. The van der Waals surface area contributed by atoms with E-state index in [4.69, 9.17) is 4.42 Å². The molecule has 0 N–H and O–H groups in total. The van der Waals surface area contributed by atoms with E-state index >= 15 is 0 Å². The standard InChI is InChI=1S/C40H25NO/c1-2-11-29(12-3-1)41(30-21-17-27-19-24-35-33-14-6-7-16-38(33)42-40(35)36(27)25-30)37-15-8-10-28-20-22-32-31-13-5-4-9-26(31)18-23-34(32)39(28)37/h1-25H. The summed E-state index contributed by atoms with van der Waals surface area (Å²) in [4.78, 5) is 2.39. The Bertz CT molecular complexity index is 2470. The van der Waals surface area contributed by atoms with E-state index < -0.39 is 0 Å². The van der Waals surface area contributed by atoms with Crippen LogP contribution in [0.5, 0.6) is 0 Å². The van der Waals surface area contributed by atoms with Crippen LogP contribution < -0.4 is 4.90 Å². The molecule has 42 heavy (non-hydrogen) atoms. The Kier molecular flexibility index (Phi) is 4.93. The molecule has 0 fully saturated rings. The van der Waals surface area contributed by atoms with Crippen LogP contribution in [0.3, 0.4) is 0 Å². The van der Waals surface area contributed by atoms with Crippen LogP contribution in [0.4, 0.5) is 17.1 Å². The van der Waals surface area contributed by atoms with Crippen LogP contribution in [0.15, 0.2) is 156 Å². The number of fused-ring (bicyclic) bond motifs is 10. The molecule has 0 aliphatic carbocycles. The summed E-state index contributed by atoms with van der Waals surface area (Å²) in [6, 6.07) is 54.4. The normalized spacial score (nSPS) is 11.8. The summed E-state index contributed by atoms with van der Waals surface area (Å²) >= 11 is 0. The van der Waals surface area contributed by atoms with Crippen LogP contribution in [0, 0.1) is 0 Å². The first-order chi connectivity index (χ1) is 20.8. The second-order valence-corrected chi connectivity index (χ2v) is 10.9. The molecule has 0 aliphatic rings. The van der Waals surface area contributed by atoms with Crippen molar-refractivity contribution in [1.29, 1.82) is 0 Å². The zero-order chi connectivity index (χ0) is 27.6. The molecule has 1 heterocycles. The molecular weight excluding hydrogens is 510 g/mol. The van der Waals surface area contributed by atoms with E-state index in [2.05, 4.69) is 144 Å². The molecule has 0 amide bonds. The van der Waals surface area contributed by atoms with Gasteiger partial charge in [-0.05, 0) is 74.8 Å².